The van der Waals surface area contributed by atoms with Crippen molar-refractivity contribution in [2.45, 2.75) is 6.54 Å². The van der Waals surface area contributed by atoms with E-state index < -0.39 is 5.97 Å². The number of hydrogen-bond donors (Lipinski definition) is 1. The predicted molar refractivity (Wildman–Crippen MR) is 83.7 cm³/mol. The van der Waals surface area contributed by atoms with E-state index in [0.717, 1.165) is 24.3 Å². The minimum absolute atomic E-state index is 0.315. The van der Waals surface area contributed by atoms with E-state index >= 15 is 0 Å². The minimum Gasteiger partial charge on any atom is -0.463 e. The SMILES string of the molecule is COCCNCCn1cc(-c2ccccc2)nc1C(=O)OC. The second kappa shape index (κ2) is 8.31. The average molecular weight is 303 g/mol. The maximum Gasteiger partial charge on any atom is 0.374 e. The van der Waals surface area contributed by atoms with E-state index in [-0.39, 0.29) is 0 Å². The number of imidazole rings is 1. The quantitative estimate of drug-likeness (QED) is 0.592. The van der Waals surface area contributed by atoms with E-state index in [0.29, 0.717) is 19.0 Å². The Morgan fingerprint density at radius 3 is 2.68 bits per heavy atom. The summed E-state index contributed by atoms with van der Waals surface area (Å²) in [4.78, 5) is 16.3. The largest absolute Gasteiger partial charge is 0.463 e. The number of hydrogen-bond acceptors (Lipinski definition) is 5. The van der Waals surface area contributed by atoms with Crippen LogP contribution >= 0.6 is 0 Å². The molecular weight excluding hydrogens is 282 g/mol. The van der Waals surface area contributed by atoms with E-state index in [9.17, 15) is 4.79 Å². The van der Waals surface area contributed by atoms with Gasteiger partial charge >= 0.3 is 5.97 Å². The van der Waals surface area contributed by atoms with Crippen LogP contribution in [-0.2, 0) is 16.0 Å². The third-order valence-corrected chi connectivity index (χ3v) is 3.23. The number of ether oxygens (including phenoxy) is 2. The molecule has 0 aliphatic heterocycles. The second-order valence-corrected chi connectivity index (χ2v) is 4.74. The highest BCUT2D eigenvalue weighted by molar-refractivity contribution is 5.86. The molecule has 0 spiro atoms. The van der Waals surface area contributed by atoms with Crippen LogP contribution in [0.1, 0.15) is 10.6 Å². The molecule has 0 amide bonds. The van der Waals surface area contributed by atoms with Crippen molar-refractivity contribution in [2.75, 3.05) is 33.9 Å². The first-order chi connectivity index (χ1) is 10.8. The first kappa shape index (κ1) is 16.2. The summed E-state index contributed by atoms with van der Waals surface area (Å²) in [5.74, 6) is -0.117. The van der Waals surface area contributed by atoms with Crippen LogP contribution in [0.25, 0.3) is 11.3 Å². The lowest BCUT2D eigenvalue weighted by atomic mass is 10.2. The summed E-state index contributed by atoms with van der Waals surface area (Å²) < 4.78 is 11.6. The van der Waals surface area contributed by atoms with Gasteiger partial charge in [0.05, 0.1) is 19.4 Å². The highest BCUT2D eigenvalue weighted by Crippen LogP contribution is 2.18. The van der Waals surface area contributed by atoms with Crippen molar-refractivity contribution in [3.8, 4) is 11.3 Å². The Morgan fingerprint density at radius 2 is 2.00 bits per heavy atom. The fourth-order valence-electron chi connectivity index (χ4n) is 2.09. The van der Waals surface area contributed by atoms with E-state index in [1.165, 1.54) is 7.11 Å². The summed E-state index contributed by atoms with van der Waals surface area (Å²) in [5, 5.41) is 3.24. The summed E-state index contributed by atoms with van der Waals surface area (Å²) in [6.45, 7) is 2.78. The van der Waals surface area contributed by atoms with Gasteiger partial charge in [0.2, 0.25) is 5.82 Å². The standard InChI is InChI=1S/C16H21N3O3/c1-21-11-9-17-8-10-19-12-14(13-6-4-3-5-7-13)18-15(19)16(20)22-2/h3-7,12,17H,8-11H2,1-2H3. The molecule has 0 aliphatic carbocycles. The number of carbonyl (C=O) groups is 1. The second-order valence-electron chi connectivity index (χ2n) is 4.74. The van der Waals surface area contributed by atoms with Crippen LogP contribution in [0.15, 0.2) is 36.5 Å². The predicted octanol–water partition coefficient (Wildman–Crippen LogP) is 1.57. The smallest absolute Gasteiger partial charge is 0.374 e. The zero-order chi connectivity index (χ0) is 15.8. The summed E-state index contributed by atoms with van der Waals surface area (Å²) >= 11 is 0. The first-order valence-corrected chi connectivity index (χ1v) is 7.17. The molecule has 22 heavy (non-hydrogen) atoms. The molecule has 2 rings (SSSR count). The molecule has 118 valence electrons. The molecule has 0 bridgehead atoms. The highest BCUT2D eigenvalue weighted by atomic mass is 16.5. The van der Waals surface area contributed by atoms with Gasteiger partial charge in [-0.1, -0.05) is 30.3 Å². The number of aromatic nitrogens is 2. The normalized spacial score (nSPS) is 10.6. The van der Waals surface area contributed by atoms with Crippen molar-refractivity contribution in [1.82, 2.24) is 14.9 Å². The molecular formula is C16H21N3O3. The minimum atomic E-state index is -0.431. The molecule has 1 N–H and O–H groups in total. The van der Waals surface area contributed by atoms with E-state index in [1.807, 2.05) is 41.1 Å². The lowest BCUT2D eigenvalue weighted by Crippen LogP contribution is -2.25. The molecule has 6 nitrogen and oxygen atoms in total. The van der Waals surface area contributed by atoms with E-state index in [4.69, 9.17) is 9.47 Å². The Labute approximate surface area is 130 Å². The first-order valence-electron chi connectivity index (χ1n) is 7.17. The highest BCUT2D eigenvalue weighted by Gasteiger charge is 2.16. The van der Waals surface area contributed by atoms with Gasteiger partial charge in [-0.2, -0.15) is 0 Å². The Hall–Kier alpha value is -2.18. The van der Waals surface area contributed by atoms with Crippen molar-refractivity contribution >= 4 is 5.97 Å². The third-order valence-electron chi connectivity index (χ3n) is 3.23. The Bertz CT molecular complexity index is 596. The summed E-state index contributed by atoms with van der Waals surface area (Å²) in [5.41, 5.74) is 1.73. The van der Waals surface area contributed by atoms with Gasteiger partial charge in [0.1, 0.15) is 0 Å². The molecule has 1 aromatic heterocycles. The van der Waals surface area contributed by atoms with Crippen LogP contribution in [0, 0.1) is 0 Å². The zero-order valence-corrected chi connectivity index (χ0v) is 12.9. The molecule has 1 heterocycles. The lowest BCUT2D eigenvalue weighted by molar-refractivity contribution is 0.0581. The van der Waals surface area contributed by atoms with Gasteiger partial charge in [0.25, 0.3) is 0 Å². The summed E-state index contributed by atoms with van der Waals surface area (Å²) in [7, 11) is 3.03. The van der Waals surface area contributed by atoms with Crippen LogP contribution in [0.4, 0.5) is 0 Å². The molecule has 1 aromatic carbocycles. The molecule has 0 unspecified atom stereocenters. The number of esters is 1. The van der Waals surface area contributed by atoms with Crippen LogP contribution in [0.5, 0.6) is 0 Å². The van der Waals surface area contributed by atoms with Crippen LogP contribution in [-0.4, -0.2) is 49.4 Å². The van der Waals surface area contributed by atoms with E-state index in [2.05, 4.69) is 10.3 Å². The van der Waals surface area contributed by atoms with Crippen molar-refractivity contribution in [3.05, 3.63) is 42.4 Å². The van der Waals surface area contributed by atoms with Crippen molar-refractivity contribution in [3.63, 3.8) is 0 Å². The molecule has 0 fully saturated rings. The molecule has 0 saturated heterocycles. The number of methoxy groups -OCH3 is 2. The molecule has 0 saturated carbocycles. The summed E-state index contributed by atoms with van der Waals surface area (Å²) in [6.07, 6.45) is 1.87. The number of nitrogens with zero attached hydrogens (tertiary/aromatic N) is 2. The molecule has 2 aromatic rings. The van der Waals surface area contributed by atoms with Crippen LogP contribution in [0.3, 0.4) is 0 Å². The zero-order valence-electron chi connectivity index (χ0n) is 12.9. The molecule has 0 radical (unpaired) electrons. The van der Waals surface area contributed by atoms with Gasteiger partial charge in [-0.05, 0) is 0 Å². The maximum absolute atomic E-state index is 11.9. The van der Waals surface area contributed by atoms with Gasteiger partial charge in [-0.15, -0.1) is 0 Å². The van der Waals surface area contributed by atoms with Gasteiger partial charge in [0.15, 0.2) is 0 Å². The fourth-order valence-corrected chi connectivity index (χ4v) is 2.09. The third kappa shape index (κ3) is 4.16. The Morgan fingerprint density at radius 1 is 1.23 bits per heavy atom. The van der Waals surface area contributed by atoms with Gasteiger partial charge < -0.3 is 19.4 Å². The lowest BCUT2D eigenvalue weighted by Gasteiger charge is -2.07. The van der Waals surface area contributed by atoms with Crippen molar-refractivity contribution in [2.24, 2.45) is 0 Å². The summed E-state index contributed by atoms with van der Waals surface area (Å²) in [6, 6.07) is 9.76. The van der Waals surface area contributed by atoms with Gasteiger partial charge in [-0.3, -0.25) is 0 Å². The fraction of sp³-hybridized carbons (Fsp3) is 0.375. The number of nitrogens with one attached hydrogen (secondary N) is 1. The Balaban J connectivity index is 2.13. The number of benzene rings is 1. The van der Waals surface area contributed by atoms with Gasteiger partial charge in [0, 0.05) is 38.5 Å². The van der Waals surface area contributed by atoms with E-state index in [1.54, 1.807) is 7.11 Å². The van der Waals surface area contributed by atoms with Crippen LogP contribution < -0.4 is 5.32 Å². The monoisotopic (exact) mass is 303 g/mol. The van der Waals surface area contributed by atoms with Crippen LogP contribution in [0.2, 0.25) is 0 Å². The number of carbonyl (C=O) groups excluding carboxylic acids is 1. The van der Waals surface area contributed by atoms with Gasteiger partial charge in [-0.25, -0.2) is 9.78 Å². The Kier molecular flexibility index (Phi) is 6.12. The average Bonchev–Trinajstić information content (AvgIpc) is 2.99. The number of rotatable bonds is 8. The van der Waals surface area contributed by atoms with Crippen molar-refractivity contribution in [1.29, 1.82) is 0 Å². The molecule has 0 aliphatic rings. The molecule has 6 heteroatoms. The topological polar surface area (TPSA) is 65.4 Å². The maximum atomic E-state index is 11.9. The van der Waals surface area contributed by atoms with Crippen molar-refractivity contribution < 1.29 is 14.3 Å². The molecule has 0 atom stereocenters.